The van der Waals surface area contributed by atoms with E-state index in [0.717, 1.165) is 0 Å². The highest BCUT2D eigenvalue weighted by Crippen LogP contribution is 2.27. The van der Waals surface area contributed by atoms with Crippen LogP contribution in [-0.4, -0.2) is 4.98 Å². The molecule has 13 heavy (non-hydrogen) atoms. The average Bonchev–Trinajstić information content (AvgIpc) is 2.04. The van der Waals surface area contributed by atoms with Gasteiger partial charge >= 0.3 is 0 Å². The van der Waals surface area contributed by atoms with Crippen molar-refractivity contribution in [2.75, 3.05) is 0 Å². The van der Waals surface area contributed by atoms with Gasteiger partial charge in [-0.3, -0.25) is 0 Å². The van der Waals surface area contributed by atoms with Crippen molar-refractivity contribution in [3.05, 3.63) is 26.6 Å². The number of nitrogens with zero attached hydrogens (tertiary/aromatic N) is 1. The molecule has 0 atom stereocenters. The van der Waals surface area contributed by atoms with Crippen molar-refractivity contribution in [3.63, 3.8) is 0 Å². The smallest absolute Gasteiger partial charge is 0.266 e. The topological polar surface area (TPSA) is 38.9 Å². The maximum Gasteiger partial charge on any atom is 0.266 e. The van der Waals surface area contributed by atoms with Gasteiger partial charge in [0.2, 0.25) is 0 Å². The van der Waals surface area contributed by atoms with Gasteiger partial charge in [-0.15, -0.1) is 0 Å². The molecule has 72 valence electrons. The van der Waals surface area contributed by atoms with Crippen LogP contribution in [0, 0.1) is 10.6 Å². The molecule has 0 fully saturated rings. The number of nitrogens with two attached hydrogens (primary N) is 1. The van der Waals surface area contributed by atoms with Crippen molar-refractivity contribution < 1.29 is 8.78 Å². The minimum Gasteiger partial charge on any atom is -0.326 e. The van der Waals surface area contributed by atoms with Crippen LogP contribution in [0.5, 0.6) is 0 Å². The Labute approximate surface area is 88.7 Å². The first-order valence-corrected chi connectivity index (χ1v) is 4.78. The highest BCUT2D eigenvalue weighted by atomic mass is 127. The first-order valence-electron chi connectivity index (χ1n) is 3.70. The first-order chi connectivity index (χ1) is 6.07. The van der Waals surface area contributed by atoms with Crippen LogP contribution in [0.1, 0.15) is 23.1 Å². The van der Waals surface area contributed by atoms with Crippen molar-refractivity contribution in [2.45, 2.75) is 19.9 Å². The van der Waals surface area contributed by atoms with Gasteiger partial charge in [0, 0.05) is 12.7 Å². The van der Waals surface area contributed by atoms with E-state index in [0.29, 0.717) is 14.8 Å². The zero-order valence-electron chi connectivity index (χ0n) is 7.02. The van der Waals surface area contributed by atoms with E-state index in [9.17, 15) is 8.78 Å². The average molecular weight is 298 g/mol. The van der Waals surface area contributed by atoms with E-state index in [2.05, 4.69) is 4.98 Å². The molecule has 0 spiro atoms. The summed E-state index contributed by atoms with van der Waals surface area (Å²) in [6, 6.07) is 0. The minimum atomic E-state index is -2.48. The molecule has 0 saturated heterocycles. The molecule has 1 heterocycles. The second-order valence-electron chi connectivity index (χ2n) is 2.62. The molecule has 1 aromatic rings. The van der Waals surface area contributed by atoms with Gasteiger partial charge in [-0.25, -0.2) is 13.8 Å². The Kier molecular flexibility index (Phi) is 3.55. The predicted molar refractivity (Wildman–Crippen MR) is 54.5 cm³/mol. The summed E-state index contributed by atoms with van der Waals surface area (Å²) in [5, 5.41) is 0. The molecule has 0 saturated carbocycles. The van der Waals surface area contributed by atoms with E-state index in [4.69, 9.17) is 5.73 Å². The molecule has 0 aliphatic heterocycles. The van der Waals surface area contributed by atoms with Crippen molar-refractivity contribution in [1.82, 2.24) is 4.98 Å². The fourth-order valence-corrected chi connectivity index (χ4v) is 1.87. The Bertz CT molecular complexity index is 315. The predicted octanol–water partition coefficient (Wildman–Crippen LogP) is 2.39. The SMILES string of the molecule is Cc1c(CN)cnc(I)c1C(F)F. The number of hydrogen-bond donors (Lipinski definition) is 1. The van der Waals surface area contributed by atoms with Gasteiger partial charge in [-0.05, 0) is 40.6 Å². The lowest BCUT2D eigenvalue weighted by Gasteiger charge is -2.10. The zero-order valence-corrected chi connectivity index (χ0v) is 9.18. The summed E-state index contributed by atoms with van der Waals surface area (Å²) in [6.07, 6.45) is -0.936. The summed E-state index contributed by atoms with van der Waals surface area (Å²) in [7, 11) is 0. The molecule has 0 aliphatic carbocycles. The summed E-state index contributed by atoms with van der Waals surface area (Å²) < 4.78 is 25.4. The highest BCUT2D eigenvalue weighted by Gasteiger charge is 2.17. The number of alkyl halides is 2. The van der Waals surface area contributed by atoms with Gasteiger partial charge in [0.15, 0.2) is 0 Å². The molecule has 2 N–H and O–H groups in total. The Morgan fingerprint density at radius 3 is 2.69 bits per heavy atom. The van der Waals surface area contributed by atoms with Crippen molar-refractivity contribution in [3.8, 4) is 0 Å². The van der Waals surface area contributed by atoms with Crippen LogP contribution in [-0.2, 0) is 6.54 Å². The van der Waals surface area contributed by atoms with Gasteiger partial charge in [-0.1, -0.05) is 0 Å². The molecule has 2 nitrogen and oxygen atoms in total. The van der Waals surface area contributed by atoms with E-state index < -0.39 is 6.43 Å². The first kappa shape index (κ1) is 10.8. The standard InChI is InChI=1S/C8H9F2IN2/c1-4-5(2-12)3-13-8(11)6(4)7(9)10/h3,7H,2,12H2,1H3. The van der Waals surface area contributed by atoms with Crippen LogP contribution >= 0.6 is 22.6 Å². The van der Waals surface area contributed by atoms with Crippen LogP contribution in [0.4, 0.5) is 8.78 Å². The minimum absolute atomic E-state index is 0.00329. The quantitative estimate of drug-likeness (QED) is 0.672. The van der Waals surface area contributed by atoms with Gasteiger partial charge < -0.3 is 5.73 Å². The van der Waals surface area contributed by atoms with Crippen molar-refractivity contribution in [1.29, 1.82) is 0 Å². The Balaban J connectivity index is 3.30. The van der Waals surface area contributed by atoms with E-state index >= 15 is 0 Å². The molecule has 1 rings (SSSR count). The largest absolute Gasteiger partial charge is 0.326 e. The van der Waals surface area contributed by atoms with E-state index in [-0.39, 0.29) is 12.1 Å². The lowest BCUT2D eigenvalue weighted by Crippen LogP contribution is -2.06. The van der Waals surface area contributed by atoms with Gasteiger partial charge in [-0.2, -0.15) is 0 Å². The number of hydrogen-bond acceptors (Lipinski definition) is 2. The van der Waals surface area contributed by atoms with Gasteiger partial charge in [0.25, 0.3) is 6.43 Å². The van der Waals surface area contributed by atoms with Crippen molar-refractivity contribution in [2.24, 2.45) is 5.73 Å². The number of aromatic nitrogens is 1. The van der Waals surface area contributed by atoms with Crippen LogP contribution in [0.15, 0.2) is 6.20 Å². The maximum absolute atomic E-state index is 12.5. The third kappa shape index (κ3) is 2.14. The summed E-state index contributed by atoms with van der Waals surface area (Å²) in [5.41, 5.74) is 6.61. The second kappa shape index (κ2) is 4.28. The summed E-state index contributed by atoms with van der Waals surface area (Å²) in [6.45, 7) is 1.89. The normalized spacial score (nSPS) is 10.9. The molecule has 0 aliphatic rings. The molecule has 0 radical (unpaired) electrons. The third-order valence-electron chi connectivity index (χ3n) is 1.88. The van der Waals surface area contributed by atoms with Gasteiger partial charge in [0.05, 0.1) is 5.56 Å². The second-order valence-corrected chi connectivity index (χ2v) is 3.64. The molecule has 5 heteroatoms. The monoisotopic (exact) mass is 298 g/mol. The van der Waals surface area contributed by atoms with Gasteiger partial charge in [0.1, 0.15) is 3.70 Å². The third-order valence-corrected chi connectivity index (χ3v) is 2.74. The molecule has 0 amide bonds. The molecule has 0 bridgehead atoms. The Morgan fingerprint density at radius 1 is 1.62 bits per heavy atom. The van der Waals surface area contributed by atoms with E-state index in [1.165, 1.54) is 0 Å². The maximum atomic E-state index is 12.5. The molecular weight excluding hydrogens is 289 g/mol. The highest BCUT2D eigenvalue weighted by molar-refractivity contribution is 14.1. The Hall–Kier alpha value is -0.300. The lowest BCUT2D eigenvalue weighted by molar-refractivity contribution is 0.149. The Morgan fingerprint density at radius 2 is 2.23 bits per heavy atom. The zero-order chi connectivity index (χ0) is 10.0. The fraction of sp³-hybridized carbons (Fsp3) is 0.375. The molecule has 0 aromatic carbocycles. The number of halogens is 3. The van der Waals surface area contributed by atoms with E-state index in [1.807, 2.05) is 0 Å². The fourth-order valence-electron chi connectivity index (χ4n) is 1.09. The van der Waals surface area contributed by atoms with E-state index in [1.54, 1.807) is 35.7 Å². The number of rotatable bonds is 2. The lowest BCUT2D eigenvalue weighted by atomic mass is 10.1. The van der Waals surface area contributed by atoms with Crippen LogP contribution in [0.25, 0.3) is 0 Å². The number of pyridine rings is 1. The van der Waals surface area contributed by atoms with Crippen LogP contribution in [0.3, 0.4) is 0 Å². The van der Waals surface area contributed by atoms with Crippen LogP contribution in [0.2, 0.25) is 0 Å². The summed E-state index contributed by atoms with van der Waals surface area (Å²) in [4.78, 5) is 3.86. The molecule has 1 aromatic heterocycles. The van der Waals surface area contributed by atoms with Crippen molar-refractivity contribution >= 4 is 22.6 Å². The van der Waals surface area contributed by atoms with Crippen LogP contribution < -0.4 is 5.73 Å². The molecular formula is C8H9F2IN2. The molecule has 0 unspecified atom stereocenters. The summed E-state index contributed by atoms with van der Waals surface area (Å²) >= 11 is 1.80. The summed E-state index contributed by atoms with van der Waals surface area (Å²) in [5.74, 6) is 0.